The Morgan fingerprint density at radius 2 is 1.79 bits per heavy atom. The van der Waals surface area contributed by atoms with Crippen LogP contribution in [0.15, 0.2) is 48.5 Å². The van der Waals surface area contributed by atoms with Gasteiger partial charge in [-0.2, -0.15) is 0 Å². The number of methoxy groups -OCH3 is 1. The largest absolute Gasteiger partial charge is 0.468 e. The molecule has 0 N–H and O–H groups in total. The van der Waals surface area contributed by atoms with Crippen molar-refractivity contribution >= 4 is 10.9 Å². The van der Waals surface area contributed by atoms with Crippen molar-refractivity contribution in [3.63, 3.8) is 0 Å². The maximum Gasteiger partial charge on any atom is 0.188 e. The van der Waals surface area contributed by atoms with E-state index >= 15 is 0 Å². The van der Waals surface area contributed by atoms with Gasteiger partial charge in [-0.3, -0.25) is 0 Å². The summed E-state index contributed by atoms with van der Waals surface area (Å²) >= 11 is 0. The number of aromatic nitrogens is 1. The van der Waals surface area contributed by atoms with Crippen LogP contribution in [0, 0.1) is 6.92 Å². The van der Waals surface area contributed by atoms with Gasteiger partial charge in [-0.25, -0.2) is 0 Å². The first-order valence-corrected chi connectivity index (χ1v) is 8.40. The minimum absolute atomic E-state index is 0.270. The summed E-state index contributed by atoms with van der Waals surface area (Å²) in [6.07, 6.45) is 0. The summed E-state index contributed by atoms with van der Waals surface area (Å²) in [7, 11) is 1.64. The molecule has 0 aliphatic heterocycles. The van der Waals surface area contributed by atoms with Crippen molar-refractivity contribution < 1.29 is 9.47 Å². The Kier molecular flexibility index (Phi) is 4.91. The normalized spacial score (nSPS) is 11.4. The van der Waals surface area contributed by atoms with Gasteiger partial charge in [0.2, 0.25) is 0 Å². The molecule has 0 spiro atoms. The molecular formula is C21H25NO2. The summed E-state index contributed by atoms with van der Waals surface area (Å²) in [5, 5.41) is 1.25. The predicted octanol–water partition coefficient (Wildman–Crippen LogP) is 5.10. The van der Waals surface area contributed by atoms with Crippen molar-refractivity contribution in [1.29, 1.82) is 0 Å². The zero-order valence-electron chi connectivity index (χ0n) is 14.9. The fourth-order valence-electron chi connectivity index (χ4n) is 3.42. The Labute approximate surface area is 143 Å². The Bertz CT molecular complexity index is 819. The number of benzene rings is 2. The monoisotopic (exact) mass is 323 g/mol. The lowest BCUT2D eigenvalue weighted by molar-refractivity contribution is 0.0512. The molecule has 1 aromatic heterocycles. The van der Waals surface area contributed by atoms with Crippen LogP contribution in [-0.2, 0) is 11.3 Å². The quantitative estimate of drug-likeness (QED) is 0.589. The second-order valence-corrected chi connectivity index (χ2v) is 6.47. The lowest BCUT2D eigenvalue weighted by atomic mass is 10.0. The molecule has 0 unspecified atom stereocenters. The summed E-state index contributed by atoms with van der Waals surface area (Å²) in [5.74, 6) is 1.31. The average molecular weight is 323 g/mol. The van der Waals surface area contributed by atoms with E-state index in [2.05, 4.69) is 67.8 Å². The van der Waals surface area contributed by atoms with Gasteiger partial charge < -0.3 is 14.0 Å². The smallest absolute Gasteiger partial charge is 0.188 e. The molecule has 0 saturated carbocycles. The van der Waals surface area contributed by atoms with Gasteiger partial charge in [0.15, 0.2) is 6.79 Å². The van der Waals surface area contributed by atoms with Crippen LogP contribution in [-0.4, -0.2) is 18.5 Å². The van der Waals surface area contributed by atoms with Crippen LogP contribution in [0.25, 0.3) is 10.9 Å². The molecule has 0 fully saturated rings. The number of hydrogen-bond donors (Lipinski definition) is 0. The summed E-state index contributed by atoms with van der Waals surface area (Å²) < 4.78 is 13.1. The summed E-state index contributed by atoms with van der Waals surface area (Å²) in [4.78, 5) is 0. The van der Waals surface area contributed by atoms with E-state index in [4.69, 9.17) is 9.47 Å². The van der Waals surface area contributed by atoms with E-state index in [9.17, 15) is 0 Å². The van der Waals surface area contributed by atoms with Crippen LogP contribution < -0.4 is 4.74 Å². The zero-order chi connectivity index (χ0) is 17.1. The highest BCUT2D eigenvalue weighted by atomic mass is 16.7. The van der Waals surface area contributed by atoms with Crippen molar-refractivity contribution in [2.45, 2.75) is 33.2 Å². The third-order valence-corrected chi connectivity index (χ3v) is 4.41. The van der Waals surface area contributed by atoms with E-state index in [0.717, 1.165) is 12.3 Å². The van der Waals surface area contributed by atoms with Gasteiger partial charge in [-0.1, -0.05) is 44.2 Å². The highest BCUT2D eigenvalue weighted by Gasteiger charge is 2.17. The van der Waals surface area contributed by atoms with Crippen LogP contribution in [0.1, 0.15) is 36.6 Å². The number of fused-ring (bicyclic) bond motifs is 1. The first-order chi connectivity index (χ1) is 11.6. The number of rotatable bonds is 6. The fourth-order valence-corrected chi connectivity index (χ4v) is 3.42. The van der Waals surface area contributed by atoms with Gasteiger partial charge >= 0.3 is 0 Å². The molecule has 0 saturated heterocycles. The molecule has 3 nitrogen and oxygen atoms in total. The van der Waals surface area contributed by atoms with Gasteiger partial charge in [0, 0.05) is 30.3 Å². The average Bonchev–Trinajstić information content (AvgIpc) is 2.86. The Morgan fingerprint density at radius 1 is 1.04 bits per heavy atom. The molecule has 0 aliphatic carbocycles. The molecule has 0 bridgehead atoms. The first-order valence-electron chi connectivity index (χ1n) is 8.40. The van der Waals surface area contributed by atoms with Crippen LogP contribution in [0.3, 0.4) is 0 Å². The molecule has 0 radical (unpaired) electrons. The SMILES string of the molecule is COCOc1ccc2c(c1)c(C)c(C(C)C)n2Cc1ccccc1. The predicted molar refractivity (Wildman–Crippen MR) is 98.8 cm³/mol. The Morgan fingerprint density at radius 3 is 2.46 bits per heavy atom. The summed E-state index contributed by atoms with van der Waals surface area (Å²) in [6.45, 7) is 7.87. The summed E-state index contributed by atoms with van der Waals surface area (Å²) in [6, 6.07) is 16.9. The number of aryl methyl sites for hydroxylation is 1. The topological polar surface area (TPSA) is 23.4 Å². The first kappa shape index (κ1) is 16.6. The number of nitrogens with zero attached hydrogens (tertiary/aromatic N) is 1. The highest BCUT2D eigenvalue weighted by molar-refractivity contribution is 5.87. The summed E-state index contributed by atoms with van der Waals surface area (Å²) in [5.41, 5.74) is 5.29. The Balaban J connectivity index is 2.10. The van der Waals surface area contributed by atoms with Crippen LogP contribution in [0.4, 0.5) is 0 Å². The molecule has 0 aliphatic rings. The van der Waals surface area contributed by atoms with Crippen molar-refractivity contribution in [2.75, 3.05) is 13.9 Å². The maximum absolute atomic E-state index is 5.61. The molecule has 3 heteroatoms. The molecule has 24 heavy (non-hydrogen) atoms. The standard InChI is InChI=1S/C21H25NO2/c1-15(2)21-16(3)19-12-18(24-14-23-4)10-11-20(19)22(21)13-17-8-6-5-7-9-17/h5-12,15H,13-14H2,1-4H3. The van der Waals surface area contributed by atoms with Crippen molar-refractivity contribution in [3.8, 4) is 5.75 Å². The van der Waals surface area contributed by atoms with Gasteiger partial charge in [-0.15, -0.1) is 0 Å². The van der Waals surface area contributed by atoms with E-state index < -0.39 is 0 Å². The molecule has 3 aromatic rings. The maximum atomic E-state index is 5.61. The molecule has 3 rings (SSSR count). The van der Waals surface area contributed by atoms with Gasteiger partial charge in [-0.05, 0) is 42.2 Å². The lowest BCUT2D eigenvalue weighted by Gasteiger charge is -2.14. The van der Waals surface area contributed by atoms with Crippen LogP contribution in [0.5, 0.6) is 5.75 Å². The third-order valence-electron chi connectivity index (χ3n) is 4.41. The molecule has 0 atom stereocenters. The minimum atomic E-state index is 0.270. The van der Waals surface area contributed by atoms with Crippen molar-refractivity contribution in [2.24, 2.45) is 0 Å². The minimum Gasteiger partial charge on any atom is -0.468 e. The molecule has 0 amide bonds. The molecular weight excluding hydrogens is 298 g/mol. The molecule has 126 valence electrons. The van der Waals surface area contributed by atoms with E-state index in [1.807, 2.05) is 6.07 Å². The second-order valence-electron chi connectivity index (χ2n) is 6.47. The van der Waals surface area contributed by atoms with Crippen LogP contribution in [0.2, 0.25) is 0 Å². The second kappa shape index (κ2) is 7.10. The highest BCUT2D eigenvalue weighted by Crippen LogP contribution is 2.33. The van der Waals surface area contributed by atoms with E-state index in [1.165, 1.54) is 27.7 Å². The molecule has 1 heterocycles. The molecule has 2 aromatic carbocycles. The number of ether oxygens (including phenoxy) is 2. The fraction of sp³-hybridized carbons (Fsp3) is 0.333. The van der Waals surface area contributed by atoms with Gasteiger partial charge in [0.25, 0.3) is 0 Å². The van der Waals surface area contributed by atoms with E-state index in [-0.39, 0.29) is 6.79 Å². The van der Waals surface area contributed by atoms with E-state index in [0.29, 0.717) is 5.92 Å². The van der Waals surface area contributed by atoms with Gasteiger partial charge in [0.05, 0.1) is 0 Å². The van der Waals surface area contributed by atoms with Crippen molar-refractivity contribution in [1.82, 2.24) is 4.57 Å². The Hall–Kier alpha value is -2.26. The van der Waals surface area contributed by atoms with Gasteiger partial charge in [0.1, 0.15) is 5.75 Å². The lowest BCUT2D eigenvalue weighted by Crippen LogP contribution is -2.06. The zero-order valence-corrected chi connectivity index (χ0v) is 14.9. The van der Waals surface area contributed by atoms with Crippen molar-refractivity contribution in [3.05, 3.63) is 65.4 Å². The van der Waals surface area contributed by atoms with Crippen LogP contribution >= 0.6 is 0 Å². The third kappa shape index (κ3) is 3.17. The van der Waals surface area contributed by atoms with E-state index in [1.54, 1.807) is 7.11 Å². The number of hydrogen-bond acceptors (Lipinski definition) is 2.